The van der Waals surface area contributed by atoms with E-state index in [4.69, 9.17) is 32.7 Å². The van der Waals surface area contributed by atoms with E-state index in [0.29, 0.717) is 16.3 Å². The Morgan fingerprint density at radius 3 is 1.64 bits per heavy atom. The number of carbonyl (C=O) groups is 2. The molecular weight excluding hydrogens is 471 g/mol. The molecule has 0 bridgehead atoms. The lowest BCUT2D eigenvalue weighted by Gasteiger charge is -2.14. The molecule has 0 unspecified atom stereocenters. The maximum atomic E-state index is 11.4. The standard InChI is InChI=1S/C12H15ClO3.C11H13ClO4.CH4.H2/c1-7(2)16-11-6-9(12(14)15-4)5-10(13)8(11)3;1-6(2)16-9-5-7(11(14)15-3)4-8(12)10(9)13;;/h5-7H,1-4H3;4-6,13H,1-3H3;1H4;1H. The van der Waals surface area contributed by atoms with Gasteiger partial charge < -0.3 is 24.1 Å². The van der Waals surface area contributed by atoms with Crippen LogP contribution in [0.2, 0.25) is 10.0 Å². The number of aromatic hydroxyl groups is 1. The van der Waals surface area contributed by atoms with Crippen molar-refractivity contribution in [3.05, 3.63) is 51.0 Å². The van der Waals surface area contributed by atoms with E-state index in [9.17, 15) is 14.7 Å². The van der Waals surface area contributed by atoms with E-state index in [-0.39, 0.29) is 43.1 Å². The first kappa shape index (κ1) is 30.4. The number of methoxy groups -OCH3 is 2. The van der Waals surface area contributed by atoms with Crippen molar-refractivity contribution >= 4 is 35.1 Å². The normalized spacial score (nSPS) is 10.0. The lowest BCUT2D eigenvalue weighted by atomic mass is 10.1. The summed E-state index contributed by atoms with van der Waals surface area (Å²) in [7, 11) is 2.60. The molecule has 0 aromatic heterocycles. The summed E-state index contributed by atoms with van der Waals surface area (Å²) in [6.07, 6.45) is -0.0995. The van der Waals surface area contributed by atoms with Crippen LogP contribution in [0.5, 0.6) is 17.2 Å². The lowest BCUT2D eigenvalue weighted by molar-refractivity contribution is 0.0591. The molecule has 0 radical (unpaired) electrons. The number of carbonyl (C=O) groups excluding carboxylic acids is 2. The minimum absolute atomic E-state index is 0. The number of phenols is 1. The topological polar surface area (TPSA) is 91.3 Å². The fraction of sp³-hybridized carbons (Fsp3) is 0.417. The molecule has 2 rings (SSSR count). The molecule has 0 atom stereocenters. The fourth-order valence-corrected chi connectivity index (χ4v) is 2.84. The first-order valence-electron chi connectivity index (χ1n) is 9.73. The van der Waals surface area contributed by atoms with E-state index in [1.807, 2.05) is 20.8 Å². The molecule has 0 heterocycles. The SMILES string of the molecule is C.COC(=O)c1cc(Cl)c(C)c(OC(C)C)c1.COC(=O)c1cc(Cl)c(O)c(OC(C)C)c1.[HH]. The quantitative estimate of drug-likeness (QED) is 0.436. The van der Waals surface area contributed by atoms with Gasteiger partial charge in [-0.3, -0.25) is 0 Å². The lowest BCUT2D eigenvalue weighted by Crippen LogP contribution is -2.09. The molecule has 9 heteroatoms. The largest absolute Gasteiger partial charge is 0.503 e. The number of ether oxygens (including phenoxy) is 4. The average Bonchev–Trinajstić information content (AvgIpc) is 2.72. The van der Waals surface area contributed by atoms with Gasteiger partial charge in [0.25, 0.3) is 0 Å². The van der Waals surface area contributed by atoms with Gasteiger partial charge in [0, 0.05) is 12.0 Å². The van der Waals surface area contributed by atoms with Crippen molar-refractivity contribution in [3.63, 3.8) is 0 Å². The van der Waals surface area contributed by atoms with Crippen LogP contribution in [0.25, 0.3) is 0 Å². The van der Waals surface area contributed by atoms with Crippen molar-refractivity contribution in [3.8, 4) is 17.2 Å². The molecule has 0 saturated heterocycles. The second kappa shape index (κ2) is 13.8. The fourth-order valence-electron chi connectivity index (χ4n) is 2.42. The molecule has 0 aliphatic carbocycles. The molecule has 0 saturated carbocycles. The van der Waals surface area contributed by atoms with Gasteiger partial charge in [-0.2, -0.15) is 0 Å². The number of rotatable bonds is 6. The third kappa shape index (κ3) is 9.02. The van der Waals surface area contributed by atoms with Gasteiger partial charge in [-0.05, 0) is 58.9 Å². The van der Waals surface area contributed by atoms with Gasteiger partial charge in [0.1, 0.15) is 5.75 Å². The summed E-state index contributed by atoms with van der Waals surface area (Å²) >= 11 is 11.8. The van der Waals surface area contributed by atoms with Crippen molar-refractivity contribution in [1.29, 1.82) is 0 Å². The molecule has 0 aliphatic rings. The van der Waals surface area contributed by atoms with Crippen LogP contribution in [-0.2, 0) is 9.47 Å². The molecule has 0 aliphatic heterocycles. The van der Waals surface area contributed by atoms with Crippen molar-refractivity contribution in [2.45, 2.75) is 54.3 Å². The van der Waals surface area contributed by atoms with Crippen LogP contribution in [0, 0.1) is 6.92 Å². The number of hydrogen-bond acceptors (Lipinski definition) is 7. The van der Waals surface area contributed by atoms with Crippen LogP contribution in [0.1, 0.15) is 62.8 Å². The zero-order valence-corrected chi connectivity index (χ0v) is 20.6. The second-order valence-corrected chi connectivity index (χ2v) is 8.02. The van der Waals surface area contributed by atoms with Gasteiger partial charge in [0.05, 0.1) is 42.6 Å². The Morgan fingerprint density at radius 2 is 1.21 bits per heavy atom. The Morgan fingerprint density at radius 1 is 0.818 bits per heavy atom. The summed E-state index contributed by atoms with van der Waals surface area (Å²) in [5.41, 5.74) is 1.46. The molecule has 186 valence electrons. The Bertz CT molecular complexity index is 885. The summed E-state index contributed by atoms with van der Waals surface area (Å²) in [6.45, 7) is 9.29. The van der Waals surface area contributed by atoms with Crippen LogP contribution in [0.15, 0.2) is 24.3 Å². The van der Waals surface area contributed by atoms with Crippen LogP contribution in [0.3, 0.4) is 0 Å². The summed E-state index contributed by atoms with van der Waals surface area (Å²) in [6, 6.07) is 5.95. The molecule has 0 spiro atoms. The molecular formula is C24H34Cl2O7. The molecule has 0 amide bonds. The number of esters is 2. The highest BCUT2D eigenvalue weighted by Crippen LogP contribution is 2.36. The van der Waals surface area contributed by atoms with E-state index < -0.39 is 11.9 Å². The van der Waals surface area contributed by atoms with E-state index in [1.54, 1.807) is 26.0 Å². The van der Waals surface area contributed by atoms with Crippen LogP contribution < -0.4 is 9.47 Å². The molecule has 1 N–H and O–H groups in total. The van der Waals surface area contributed by atoms with E-state index >= 15 is 0 Å². The second-order valence-electron chi connectivity index (χ2n) is 7.20. The Labute approximate surface area is 207 Å². The van der Waals surface area contributed by atoms with Crippen molar-refractivity contribution < 1.29 is 35.1 Å². The predicted octanol–water partition coefficient (Wildman–Crippen LogP) is 6.72. The monoisotopic (exact) mass is 504 g/mol. The first-order chi connectivity index (χ1) is 14.9. The number of halogens is 2. The van der Waals surface area contributed by atoms with Crippen molar-refractivity contribution in [2.24, 2.45) is 0 Å². The first-order valence-corrected chi connectivity index (χ1v) is 10.5. The molecule has 0 fully saturated rings. The van der Waals surface area contributed by atoms with Crippen LogP contribution in [-0.4, -0.2) is 43.5 Å². The highest BCUT2D eigenvalue weighted by molar-refractivity contribution is 6.32. The van der Waals surface area contributed by atoms with Crippen LogP contribution >= 0.6 is 23.2 Å². The summed E-state index contributed by atoms with van der Waals surface area (Å²) in [4.78, 5) is 22.7. The van der Waals surface area contributed by atoms with E-state index in [2.05, 4.69) is 9.47 Å². The zero-order valence-electron chi connectivity index (χ0n) is 19.1. The van der Waals surface area contributed by atoms with Gasteiger partial charge >= 0.3 is 11.9 Å². The van der Waals surface area contributed by atoms with Crippen molar-refractivity contribution in [1.82, 2.24) is 0 Å². The Kier molecular flexibility index (Phi) is 12.7. The van der Waals surface area contributed by atoms with Gasteiger partial charge in [-0.1, -0.05) is 30.6 Å². The smallest absolute Gasteiger partial charge is 0.338 e. The Hall–Kier alpha value is -2.64. The van der Waals surface area contributed by atoms with Crippen molar-refractivity contribution in [2.75, 3.05) is 14.2 Å². The molecule has 2 aromatic rings. The summed E-state index contributed by atoms with van der Waals surface area (Å²) in [5, 5.41) is 10.2. The molecule has 2 aromatic carbocycles. The summed E-state index contributed by atoms with van der Waals surface area (Å²) in [5.74, 6) is -0.347. The van der Waals surface area contributed by atoms with E-state index in [1.165, 1.54) is 26.4 Å². The summed E-state index contributed by atoms with van der Waals surface area (Å²) < 4.78 is 20.1. The van der Waals surface area contributed by atoms with Gasteiger partial charge in [-0.15, -0.1) is 0 Å². The third-order valence-corrected chi connectivity index (χ3v) is 4.57. The zero-order chi connectivity index (χ0) is 24.6. The third-order valence-electron chi connectivity index (χ3n) is 3.89. The predicted molar refractivity (Wildman–Crippen MR) is 132 cm³/mol. The number of hydrogen-bond donors (Lipinski definition) is 1. The van der Waals surface area contributed by atoms with Crippen LogP contribution in [0.4, 0.5) is 0 Å². The number of benzene rings is 2. The number of phenolic OH excluding ortho intramolecular Hbond substituents is 1. The highest BCUT2D eigenvalue weighted by Gasteiger charge is 2.16. The van der Waals surface area contributed by atoms with E-state index in [0.717, 1.165) is 5.56 Å². The molecule has 33 heavy (non-hydrogen) atoms. The van der Waals surface area contributed by atoms with Gasteiger partial charge in [0.15, 0.2) is 11.5 Å². The minimum Gasteiger partial charge on any atom is -0.503 e. The molecule has 7 nitrogen and oxygen atoms in total. The maximum Gasteiger partial charge on any atom is 0.338 e. The van der Waals surface area contributed by atoms with Gasteiger partial charge in [0.2, 0.25) is 0 Å². The van der Waals surface area contributed by atoms with Gasteiger partial charge in [-0.25, -0.2) is 9.59 Å². The Balaban J connectivity index is 0. The minimum atomic E-state index is -0.532. The maximum absolute atomic E-state index is 11.4. The average molecular weight is 505 g/mol. The highest BCUT2D eigenvalue weighted by atomic mass is 35.5.